The molecule has 1 fully saturated rings. The van der Waals surface area contributed by atoms with Crippen molar-refractivity contribution in [3.8, 4) is 0 Å². The average Bonchev–Trinajstić information content (AvgIpc) is 3.50. The van der Waals surface area contributed by atoms with Crippen LogP contribution in [0.2, 0.25) is 0 Å². The zero-order valence-electron chi connectivity index (χ0n) is 21.5. The van der Waals surface area contributed by atoms with E-state index >= 15 is 0 Å². The standard InChI is InChI=1S/C29H33N5O4/c1-20(9-5-7-15-33-18-26(31-32-33)23(19-35)21-10-3-2-4-11-21)29(38)24-17-22(13-14-25(24)30-28(29)37)34-16-8-6-12-27(34)36/h2-5,9-11,13-14,17-18,20,23,35,38H,6-8,12,15-16,19H2,1H3,(H,30,37)/b9-5+/t20-,23?,29+/m0/s1. The Balaban J connectivity index is 1.25. The molecule has 0 saturated carbocycles. The fourth-order valence-corrected chi connectivity index (χ4v) is 5.28. The molecule has 0 spiro atoms. The molecular formula is C29H33N5O4. The first-order valence-electron chi connectivity index (χ1n) is 13.1. The van der Waals surface area contributed by atoms with Crippen LogP contribution in [-0.2, 0) is 21.7 Å². The number of aliphatic hydroxyl groups is 2. The van der Waals surface area contributed by atoms with Gasteiger partial charge in [0.15, 0.2) is 5.60 Å². The number of anilines is 2. The number of nitrogens with one attached hydrogen (secondary N) is 1. The fourth-order valence-electron chi connectivity index (χ4n) is 5.28. The zero-order chi connectivity index (χ0) is 26.7. The van der Waals surface area contributed by atoms with Gasteiger partial charge in [0.05, 0.1) is 18.2 Å². The van der Waals surface area contributed by atoms with Crippen LogP contribution in [0.15, 0.2) is 66.9 Å². The molecule has 9 nitrogen and oxygen atoms in total. The molecule has 3 atom stereocenters. The highest BCUT2D eigenvalue weighted by atomic mass is 16.3. The molecule has 2 aromatic carbocycles. The first-order valence-corrected chi connectivity index (χ1v) is 13.1. The van der Waals surface area contributed by atoms with Gasteiger partial charge >= 0.3 is 0 Å². The number of fused-ring (bicyclic) bond motifs is 1. The quantitative estimate of drug-likeness (QED) is 0.376. The van der Waals surface area contributed by atoms with E-state index < -0.39 is 17.4 Å². The SMILES string of the molecule is C[C@@H](/C=C/CCn1cc(C(CO)c2ccccc2)nn1)[C@]1(O)C(=O)Nc2ccc(N3CCCCC3=O)cc21. The van der Waals surface area contributed by atoms with Gasteiger partial charge in [-0.3, -0.25) is 14.3 Å². The Morgan fingerprint density at radius 1 is 1.16 bits per heavy atom. The highest BCUT2D eigenvalue weighted by molar-refractivity contribution is 6.06. The number of nitrogens with zero attached hydrogens (tertiary/aromatic N) is 4. The summed E-state index contributed by atoms with van der Waals surface area (Å²) in [5, 5.41) is 32.7. The lowest BCUT2D eigenvalue weighted by Crippen LogP contribution is -2.40. The van der Waals surface area contributed by atoms with Gasteiger partial charge in [-0.15, -0.1) is 5.10 Å². The van der Waals surface area contributed by atoms with Gasteiger partial charge in [0.2, 0.25) is 5.91 Å². The van der Waals surface area contributed by atoms with Crippen molar-refractivity contribution in [1.82, 2.24) is 15.0 Å². The van der Waals surface area contributed by atoms with Crippen LogP contribution in [0.4, 0.5) is 11.4 Å². The van der Waals surface area contributed by atoms with Crippen molar-refractivity contribution in [3.05, 3.63) is 83.7 Å². The van der Waals surface area contributed by atoms with E-state index in [1.54, 1.807) is 21.7 Å². The highest BCUT2D eigenvalue weighted by Gasteiger charge is 2.48. The van der Waals surface area contributed by atoms with E-state index in [-0.39, 0.29) is 18.4 Å². The van der Waals surface area contributed by atoms with Gasteiger partial charge in [-0.25, -0.2) is 0 Å². The Kier molecular flexibility index (Phi) is 7.40. The maximum absolute atomic E-state index is 12.9. The number of hydrogen-bond acceptors (Lipinski definition) is 6. The number of benzene rings is 2. The van der Waals surface area contributed by atoms with Crippen LogP contribution in [0, 0.1) is 5.92 Å². The van der Waals surface area contributed by atoms with Crippen molar-refractivity contribution in [1.29, 1.82) is 0 Å². The van der Waals surface area contributed by atoms with Gasteiger partial charge in [-0.05, 0) is 43.0 Å². The molecule has 2 amide bonds. The number of allylic oxidation sites excluding steroid dienone is 1. The molecule has 1 saturated heterocycles. The number of aromatic nitrogens is 3. The number of hydrogen-bond donors (Lipinski definition) is 3. The maximum Gasteiger partial charge on any atom is 0.261 e. The lowest BCUT2D eigenvalue weighted by atomic mass is 9.82. The van der Waals surface area contributed by atoms with Crippen LogP contribution >= 0.6 is 0 Å². The second-order valence-corrected chi connectivity index (χ2v) is 10.0. The lowest BCUT2D eigenvalue weighted by Gasteiger charge is -2.29. The minimum atomic E-state index is -1.73. The number of amides is 2. The molecule has 0 aliphatic carbocycles. The van der Waals surface area contributed by atoms with Crippen LogP contribution in [0.25, 0.3) is 0 Å². The van der Waals surface area contributed by atoms with Crippen molar-refractivity contribution in [2.45, 2.75) is 50.7 Å². The third-order valence-corrected chi connectivity index (χ3v) is 7.55. The molecule has 2 aliphatic heterocycles. The molecule has 3 N–H and O–H groups in total. The van der Waals surface area contributed by atoms with Gasteiger partial charge in [-0.1, -0.05) is 54.6 Å². The number of aryl methyl sites for hydroxylation is 1. The van der Waals surface area contributed by atoms with Crippen molar-refractivity contribution in [2.75, 3.05) is 23.4 Å². The smallest absolute Gasteiger partial charge is 0.261 e. The van der Waals surface area contributed by atoms with E-state index in [4.69, 9.17) is 0 Å². The van der Waals surface area contributed by atoms with E-state index in [0.29, 0.717) is 48.6 Å². The summed E-state index contributed by atoms with van der Waals surface area (Å²) in [6.07, 6.45) is 8.55. The number of carbonyl (C=O) groups is 2. The van der Waals surface area contributed by atoms with E-state index in [2.05, 4.69) is 15.6 Å². The molecule has 38 heavy (non-hydrogen) atoms. The summed E-state index contributed by atoms with van der Waals surface area (Å²) in [5.41, 5.74) is 1.72. The first kappa shape index (κ1) is 25.8. The summed E-state index contributed by atoms with van der Waals surface area (Å²) >= 11 is 0. The fraction of sp³-hybridized carbons (Fsp3) is 0.379. The van der Waals surface area contributed by atoms with Crippen LogP contribution < -0.4 is 10.2 Å². The summed E-state index contributed by atoms with van der Waals surface area (Å²) in [5.74, 6) is -1.14. The molecule has 3 aromatic rings. The monoisotopic (exact) mass is 515 g/mol. The van der Waals surface area contributed by atoms with E-state index in [1.807, 2.05) is 61.7 Å². The number of rotatable bonds is 9. The second-order valence-electron chi connectivity index (χ2n) is 10.0. The van der Waals surface area contributed by atoms with Crippen molar-refractivity contribution in [2.24, 2.45) is 5.92 Å². The predicted molar refractivity (Wildman–Crippen MR) is 143 cm³/mol. The van der Waals surface area contributed by atoms with Crippen molar-refractivity contribution < 1.29 is 19.8 Å². The average molecular weight is 516 g/mol. The Morgan fingerprint density at radius 3 is 2.74 bits per heavy atom. The molecule has 1 aromatic heterocycles. The van der Waals surface area contributed by atoms with E-state index in [9.17, 15) is 19.8 Å². The Hall–Kier alpha value is -3.82. The normalized spacial score (nSPS) is 21.0. The molecule has 0 bridgehead atoms. The van der Waals surface area contributed by atoms with Crippen LogP contribution in [0.3, 0.4) is 0 Å². The number of carbonyl (C=O) groups excluding carboxylic acids is 2. The number of aliphatic hydroxyl groups excluding tert-OH is 1. The first-order chi connectivity index (χ1) is 18.4. The molecule has 198 valence electrons. The van der Waals surface area contributed by atoms with Gasteiger partial charge in [0.25, 0.3) is 5.91 Å². The molecule has 1 unspecified atom stereocenters. The van der Waals surface area contributed by atoms with Crippen LogP contribution in [0.5, 0.6) is 0 Å². The zero-order valence-corrected chi connectivity index (χ0v) is 21.5. The molecule has 2 aliphatic rings. The molecule has 9 heteroatoms. The van der Waals surface area contributed by atoms with Crippen LogP contribution in [-0.4, -0.2) is 50.2 Å². The minimum absolute atomic E-state index is 0.0596. The Labute approximate surface area is 221 Å². The van der Waals surface area contributed by atoms with E-state index in [1.165, 1.54) is 0 Å². The lowest BCUT2D eigenvalue weighted by molar-refractivity contribution is -0.137. The topological polar surface area (TPSA) is 121 Å². The van der Waals surface area contributed by atoms with E-state index in [0.717, 1.165) is 18.4 Å². The molecule has 3 heterocycles. The summed E-state index contributed by atoms with van der Waals surface area (Å²) in [6, 6.07) is 15.1. The molecule has 5 rings (SSSR count). The second kappa shape index (κ2) is 10.9. The van der Waals surface area contributed by atoms with Crippen LogP contribution in [0.1, 0.15) is 55.3 Å². The predicted octanol–water partition coefficient (Wildman–Crippen LogP) is 3.34. The molecule has 0 radical (unpaired) electrons. The number of piperidine rings is 1. The van der Waals surface area contributed by atoms with Gasteiger partial charge < -0.3 is 20.4 Å². The largest absolute Gasteiger partial charge is 0.395 e. The summed E-state index contributed by atoms with van der Waals surface area (Å²) in [7, 11) is 0. The van der Waals surface area contributed by atoms with Gasteiger partial charge in [-0.2, -0.15) is 0 Å². The van der Waals surface area contributed by atoms with Crippen molar-refractivity contribution >= 4 is 23.2 Å². The molecular weight excluding hydrogens is 482 g/mol. The summed E-state index contributed by atoms with van der Waals surface area (Å²) in [6.45, 7) is 2.95. The minimum Gasteiger partial charge on any atom is -0.395 e. The van der Waals surface area contributed by atoms with Gasteiger partial charge in [0, 0.05) is 48.6 Å². The summed E-state index contributed by atoms with van der Waals surface area (Å²) < 4.78 is 1.73. The third-order valence-electron chi connectivity index (χ3n) is 7.55. The Bertz CT molecular complexity index is 1340. The Morgan fingerprint density at radius 2 is 1.97 bits per heavy atom. The third kappa shape index (κ3) is 4.87. The highest BCUT2D eigenvalue weighted by Crippen LogP contribution is 2.43. The maximum atomic E-state index is 12.9. The summed E-state index contributed by atoms with van der Waals surface area (Å²) in [4.78, 5) is 27.0. The van der Waals surface area contributed by atoms with Gasteiger partial charge in [0.1, 0.15) is 0 Å². The van der Waals surface area contributed by atoms with Crippen molar-refractivity contribution in [3.63, 3.8) is 0 Å².